The van der Waals surface area contributed by atoms with Crippen LogP contribution in [0, 0.1) is 13.8 Å². The van der Waals surface area contributed by atoms with Crippen molar-refractivity contribution in [3.05, 3.63) is 53.2 Å². The summed E-state index contributed by atoms with van der Waals surface area (Å²) in [5.74, 6) is 0.498. The molecule has 0 atom stereocenters. The van der Waals surface area contributed by atoms with Crippen LogP contribution in [0.4, 0.5) is 11.6 Å². The van der Waals surface area contributed by atoms with Gasteiger partial charge in [0.2, 0.25) is 11.9 Å². The molecule has 1 saturated heterocycles. The SMILES string of the molecule is CNC(=O)CN1CCC(n2nc(C)c(Nc3ncc(Cl)c(-c4cnn5ccccc45)n3)c2C)CC1. The fraction of sp³-hybridized carbons (Fsp3) is 0.375. The van der Waals surface area contributed by atoms with E-state index in [0.29, 0.717) is 23.2 Å². The van der Waals surface area contributed by atoms with Gasteiger partial charge in [-0.05, 0) is 38.8 Å². The molecule has 10 nitrogen and oxygen atoms in total. The monoisotopic (exact) mass is 493 g/mol. The van der Waals surface area contributed by atoms with E-state index in [-0.39, 0.29) is 11.9 Å². The molecular weight excluding hydrogens is 466 g/mol. The summed E-state index contributed by atoms with van der Waals surface area (Å²) in [6.45, 7) is 6.21. The summed E-state index contributed by atoms with van der Waals surface area (Å²) in [6.07, 6.45) is 7.13. The second-order valence-electron chi connectivity index (χ2n) is 8.77. The van der Waals surface area contributed by atoms with Crippen molar-refractivity contribution in [3.8, 4) is 11.3 Å². The number of aromatic nitrogens is 6. The number of hydrogen-bond acceptors (Lipinski definition) is 7. The number of carbonyl (C=O) groups excluding carboxylic acids is 1. The van der Waals surface area contributed by atoms with Crippen LogP contribution in [0.25, 0.3) is 16.8 Å². The minimum atomic E-state index is 0.0486. The number of nitrogens with zero attached hydrogens (tertiary/aromatic N) is 7. The lowest BCUT2D eigenvalue weighted by Crippen LogP contribution is -2.41. The maximum absolute atomic E-state index is 11.7. The number of carbonyl (C=O) groups is 1. The second kappa shape index (κ2) is 9.63. The molecule has 0 aliphatic carbocycles. The van der Waals surface area contributed by atoms with Gasteiger partial charge in [0.25, 0.3) is 0 Å². The number of piperidine rings is 1. The van der Waals surface area contributed by atoms with E-state index in [1.807, 2.05) is 31.3 Å². The maximum Gasteiger partial charge on any atom is 0.233 e. The minimum Gasteiger partial charge on any atom is -0.358 e. The maximum atomic E-state index is 11.7. The Morgan fingerprint density at radius 3 is 2.77 bits per heavy atom. The molecule has 0 unspecified atom stereocenters. The van der Waals surface area contributed by atoms with Crippen molar-refractivity contribution in [2.24, 2.45) is 0 Å². The van der Waals surface area contributed by atoms with E-state index in [2.05, 4.69) is 37.2 Å². The molecule has 1 aliphatic rings. The molecule has 182 valence electrons. The van der Waals surface area contributed by atoms with Crippen molar-refractivity contribution in [2.75, 3.05) is 32.0 Å². The quantitative estimate of drug-likeness (QED) is 0.424. The van der Waals surface area contributed by atoms with E-state index in [0.717, 1.165) is 54.1 Å². The van der Waals surface area contributed by atoms with Crippen LogP contribution in [0.5, 0.6) is 0 Å². The molecular formula is C24H28ClN9O. The van der Waals surface area contributed by atoms with E-state index in [1.165, 1.54) is 0 Å². The van der Waals surface area contributed by atoms with Crippen molar-refractivity contribution in [1.29, 1.82) is 0 Å². The normalized spacial score (nSPS) is 15.0. The zero-order chi connectivity index (χ0) is 24.5. The van der Waals surface area contributed by atoms with Crippen molar-refractivity contribution < 1.29 is 4.79 Å². The fourth-order valence-corrected chi connectivity index (χ4v) is 4.84. The molecule has 0 spiro atoms. The molecule has 4 aromatic heterocycles. The summed E-state index contributed by atoms with van der Waals surface area (Å²) >= 11 is 6.48. The summed E-state index contributed by atoms with van der Waals surface area (Å²) in [4.78, 5) is 23.0. The molecule has 0 radical (unpaired) electrons. The molecule has 0 saturated carbocycles. The Kier molecular flexibility index (Phi) is 6.40. The third-order valence-corrected chi connectivity index (χ3v) is 6.81. The molecule has 11 heteroatoms. The number of likely N-dealkylation sites (N-methyl/N-ethyl adjacent to an activating group) is 1. The van der Waals surface area contributed by atoms with Crippen LogP contribution < -0.4 is 10.6 Å². The van der Waals surface area contributed by atoms with Crippen LogP contribution >= 0.6 is 11.6 Å². The summed E-state index contributed by atoms with van der Waals surface area (Å²) in [7, 11) is 1.67. The van der Waals surface area contributed by atoms with Crippen molar-refractivity contribution in [3.63, 3.8) is 0 Å². The van der Waals surface area contributed by atoms with Crippen molar-refractivity contribution in [1.82, 2.24) is 39.6 Å². The van der Waals surface area contributed by atoms with Gasteiger partial charge in [0, 0.05) is 31.9 Å². The van der Waals surface area contributed by atoms with Gasteiger partial charge < -0.3 is 10.6 Å². The second-order valence-corrected chi connectivity index (χ2v) is 9.18. The van der Waals surface area contributed by atoms with Crippen molar-refractivity contribution in [2.45, 2.75) is 32.7 Å². The van der Waals surface area contributed by atoms with E-state index >= 15 is 0 Å². The highest BCUT2D eigenvalue weighted by atomic mass is 35.5. The van der Waals surface area contributed by atoms with Gasteiger partial charge >= 0.3 is 0 Å². The molecule has 0 bridgehead atoms. The fourth-order valence-electron chi connectivity index (χ4n) is 4.65. The van der Waals surface area contributed by atoms with Gasteiger partial charge in [0.15, 0.2) is 0 Å². The van der Waals surface area contributed by atoms with Crippen LogP contribution in [0.2, 0.25) is 5.02 Å². The standard InChI is InChI=1S/C24H28ClN9O/c1-15-22(16(2)34(31-15)17-7-10-32(11-8-17)14-21(35)26-3)29-24-27-13-19(25)23(30-24)18-12-28-33-9-5-4-6-20(18)33/h4-6,9,12-13,17H,7-8,10-11,14H2,1-3H3,(H,26,35)(H,27,29,30). The molecule has 0 aromatic carbocycles. The minimum absolute atomic E-state index is 0.0486. The number of hydrogen-bond donors (Lipinski definition) is 2. The van der Waals surface area contributed by atoms with Gasteiger partial charge in [-0.3, -0.25) is 14.4 Å². The van der Waals surface area contributed by atoms with Gasteiger partial charge in [-0.25, -0.2) is 14.5 Å². The van der Waals surface area contributed by atoms with Gasteiger partial charge in [-0.2, -0.15) is 10.2 Å². The molecule has 5 heterocycles. The number of amides is 1. The molecule has 2 N–H and O–H groups in total. The molecule has 35 heavy (non-hydrogen) atoms. The van der Waals surface area contributed by atoms with Crippen LogP contribution in [0.3, 0.4) is 0 Å². The van der Waals surface area contributed by atoms with Crippen LogP contribution in [0.15, 0.2) is 36.8 Å². The zero-order valence-electron chi connectivity index (χ0n) is 20.0. The lowest BCUT2D eigenvalue weighted by Gasteiger charge is -2.32. The molecule has 5 rings (SSSR count). The number of likely N-dealkylation sites (tertiary alicyclic amines) is 1. The largest absolute Gasteiger partial charge is 0.358 e. The number of nitrogens with one attached hydrogen (secondary N) is 2. The highest BCUT2D eigenvalue weighted by Crippen LogP contribution is 2.32. The van der Waals surface area contributed by atoms with Crippen molar-refractivity contribution >= 4 is 34.7 Å². The lowest BCUT2D eigenvalue weighted by atomic mass is 10.0. The van der Waals surface area contributed by atoms with Gasteiger partial charge in [-0.15, -0.1) is 0 Å². The highest BCUT2D eigenvalue weighted by molar-refractivity contribution is 6.33. The van der Waals surface area contributed by atoms with Gasteiger partial charge in [0.05, 0.1) is 58.3 Å². The predicted molar refractivity (Wildman–Crippen MR) is 135 cm³/mol. The summed E-state index contributed by atoms with van der Waals surface area (Å²) < 4.78 is 3.89. The van der Waals surface area contributed by atoms with E-state index in [4.69, 9.17) is 21.7 Å². The Hall–Kier alpha value is -3.50. The topological polar surface area (TPSA) is 105 Å². The Morgan fingerprint density at radius 2 is 2.00 bits per heavy atom. The number of fused-ring (bicyclic) bond motifs is 1. The first-order valence-corrected chi connectivity index (χ1v) is 12.0. The Labute approximate surface area is 208 Å². The smallest absolute Gasteiger partial charge is 0.233 e. The Balaban J connectivity index is 1.36. The third kappa shape index (κ3) is 4.59. The molecule has 4 aromatic rings. The Bertz CT molecular complexity index is 1370. The average Bonchev–Trinajstić information content (AvgIpc) is 3.42. The summed E-state index contributed by atoms with van der Waals surface area (Å²) in [6, 6.07) is 6.14. The number of anilines is 2. The van der Waals surface area contributed by atoms with E-state index in [9.17, 15) is 4.79 Å². The predicted octanol–water partition coefficient (Wildman–Crippen LogP) is 3.38. The van der Waals surface area contributed by atoms with Crippen LogP contribution in [-0.4, -0.2) is 66.9 Å². The molecule has 1 aliphatic heterocycles. The van der Waals surface area contributed by atoms with E-state index < -0.39 is 0 Å². The van der Waals surface area contributed by atoms with Crippen LogP contribution in [-0.2, 0) is 4.79 Å². The zero-order valence-corrected chi connectivity index (χ0v) is 20.7. The third-order valence-electron chi connectivity index (χ3n) is 6.54. The average molecular weight is 494 g/mol. The van der Waals surface area contributed by atoms with Crippen LogP contribution in [0.1, 0.15) is 30.3 Å². The number of halogens is 1. The summed E-state index contributed by atoms with van der Waals surface area (Å²) in [5, 5.41) is 15.7. The first-order chi connectivity index (χ1) is 16.9. The first-order valence-electron chi connectivity index (χ1n) is 11.7. The lowest BCUT2D eigenvalue weighted by molar-refractivity contribution is -0.122. The number of rotatable bonds is 6. The molecule has 1 amide bonds. The van der Waals surface area contributed by atoms with E-state index in [1.54, 1.807) is 24.0 Å². The highest BCUT2D eigenvalue weighted by Gasteiger charge is 2.25. The number of pyridine rings is 1. The van der Waals surface area contributed by atoms with Gasteiger partial charge in [-0.1, -0.05) is 17.7 Å². The van der Waals surface area contributed by atoms with Gasteiger partial charge in [0.1, 0.15) is 0 Å². The summed E-state index contributed by atoms with van der Waals surface area (Å²) in [5.41, 5.74) is 5.19. The Morgan fingerprint density at radius 1 is 1.20 bits per heavy atom. The number of aryl methyl sites for hydroxylation is 1. The molecule has 1 fully saturated rings. The first kappa shape index (κ1) is 23.3.